The van der Waals surface area contributed by atoms with Crippen molar-refractivity contribution in [1.82, 2.24) is 9.97 Å². The SMILES string of the molecule is CC(Nc1nc(N)ncc1F)c1cccc(F)c1. The summed E-state index contributed by atoms with van der Waals surface area (Å²) in [6.45, 7) is 1.77. The second-order valence-corrected chi connectivity index (χ2v) is 3.85. The van der Waals surface area contributed by atoms with Gasteiger partial charge in [0, 0.05) is 0 Å². The summed E-state index contributed by atoms with van der Waals surface area (Å²) in [5.41, 5.74) is 6.06. The van der Waals surface area contributed by atoms with E-state index in [2.05, 4.69) is 15.3 Å². The van der Waals surface area contributed by atoms with E-state index < -0.39 is 5.82 Å². The maximum Gasteiger partial charge on any atom is 0.222 e. The molecule has 4 nitrogen and oxygen atoms in total. The highest BCUT2D eigenvalue weighted by molar-refractivity contribution is 5.41. The van der Waals surface area contributed by atoms with Crippen molar-refractivity contribution < 1.29 is 8.78 Å². The first-order valence-electron chi connectivity index (χ1n) is 5.36. The van der Waals surface area contributed by atoms with Crippen LogP contribution in [0.1, 0.15) is 18.5 Å². The smallest absolute Gasteiger partial charge is 0.222 e. The van der Waals surface area contributed by atoms with Crippen LogP contribution in [0, 0.1) is 11.6 Å². The van der Waals surface area contributed by atoms with E-state index in [0.717, 1.165) is 6.20 Å². The molecule has 0 aliphatic heterocycles. The van der Waals surface area contributed by atoms with Gasteiger partial charge in [0.2, 0.25) is 5.95 Å². The fourth-order valence-electron chi connectivity index (χ4n) is 1.55. The third kappa shape index (κ3) is 2.71. The molecule has 3 N–H and O–H groups in total. The van der Waals surface area contributed by atoms with Gasteiger partial charge in [-0.25, -0.2) is 13.8 Å². The molecule has 0 aliphatic rings. The molecule has 0 fully saturated rings. The first kappa shape index (κ1) is 12.2. The number of nitrogens with zero attached hydrogens (tertiary/aromatic N) is 2. The molecular weight excluding hydrogens is 238 g/mol. The number of hydrogen-bond donors (Lipinski definition) is 2. The van der Waals surface area contributed by atoms with Crippen molar-refractivity contribution in [3.05, 3.63) is 47.7 Å². The standard InChI is InChI=1S/C12H12F2N4/c1-7(8-3-2-4-9(13)5-8)17-11-10(14)6-16-12(15)18-11/h2-7H,1H3,(H3,15,16,17,18). The van der Waals surface area contributed by atoms with Crippen molar-refractivity contribution in [3.63, 3.8) is 0 Å². The molecule has 0 bridgehead atoms. The van der Waals surface area contributed by atoms with Crippen molar-refractivity contribution in [2.75, 3.05) is 11.1 Å². The van der Waals surface area contributed by atoms with Gasteiger partial charge in [-0.2, -0.15) is 4.98 Å². The molecule has 2 rings (SSSR count). The number of halogens is 2. The lowest BCUT2D eigenvalue weighted by Crippen LogP contribution is -2.11. The van der Waals surface area contributed by atoms with Crippen LogP contribution >= 0.6 is 0 Å². The van der Waals surface area contributed by atoms with Gasteiger partial charge < -0.3 is 11.1 Å². The zero-order chi connectivity index (χ0) is 13.1. The van der Waals surface area contributed by atoms with Crippen molar-refractivity contribution in [2.45, 2.75) is 13.0 Å². The molecule has 0 saturated heterocycles. The van der Waals surface area contributed by atoms with E-state index in [1.165, 1.54) is 12.1 Å². The molecule has 0 radical (unpaired) electrons. The summed E-state index contributed by atoms with van der Waals surface area (Å²) in [5.74, 6) is -0.971. The fourth-order valence-corrected chi connectivity index (χ4v) is 1.55. The molecule has 1 unspecified atom stereocenters. The van der Waals surface area contributed by atoms with Gasteiger partial charge in [-0.3, -0.25) is 0 Å². The number of aromatic nitrogens is 2. The van der Waals surface area contributed by atoms with Crippen LogP contribution in [0.15, 0.2) is 30.5 Å². The van der Waals surface area contributed by atoms with Gasteiger partial charge >= 0.3 is 0 Å². The fraction of sp³-hybridized carbons (Fsp3) is 0.167. The Bertz CT molecular complexity index is 560. The van der Waals surface area contributed by atoms with Crippen molar-refractivity contribution in [1.29, 1.82) is 0 Å². The molecule has 1 atom stereocenters. The zero-order valence-electron chi connectivity index (χ0n) is 9.69. The number of benzene rings is 1. The second-order valence-electron chi connectivity index (χ2n) is 3.85. The Morgan fingerprint density at radius 3 is 2.83 bits per heavy atom. The number of rotatable bonds is 3. The molecule has 1 heterocycles. The minimum atomic E-state index is -0.604. The van der Waals surface area contributed by atoms with Crippen molar-refractivity contribution in [2.24, 2.45) is 0 Å². The molecule has 1 aromatic heterocycles. The van der Waals surface area contributed by atoms with Crippen molar-refractivity contribution in [3.8, 4) is 0 Å². The maximum atomic E-state index is 13.4. The Labute approximate surface area is 103 Å². The largest absolute Gasteiger partial charge is 0.368 e. The van der Waals surface area contributed by atoms with Crippen LogP contribution in [0.4, 0.5) is 20.5 Å². The molecule has 0 aliphatic carbocycles. The molecule has 6 heteroatoms. The molecule has 18 heavy (non-hydrogen) atoms. The third-order valence-electron chi connectivity index (χ3n) is 2.46. The Kier molecular flexibility index (Phi) is 3.36. The van der Waals surface area contributed by atoms with E-state index in [0.29, 0.717) is 5.56 Å². The zero-order valence-corrected chi connectivity index (χ0v) is 9.69. The predicted octanol–water partition coefficient (Wildman–Crippen LogP) is 2.51. The molecule has 2 aromatic rings. The first-order chi connectivity index (χ1) is 8.56. The molecular formula is C12H12F2N4. The number of nitrogens with two attached hydrogens (primary N) is 1. The first-order valence-corrected chi connectivity index (χ1v) is 5.36. The topological polar surface area (TPSA) is 63.8 Å². The molecule has 0 saturated carbocycles. The molecule has 0 amide bonds. The van der Waals surface area contributed by atoms with Gasteiger partial charge in [0.05, 0.1) is 12.2 Å². The van der Waals surface area contributed by atoms with Gasteiger partial charge in [-0.1, -0.05) is 12.1 Å². The van der Waals surface area contributed by atoms with Crippen LogP contribution in [-0.2, 0) is 0 Å². The highest BCUT2D eigenvalue weighted by Crippen LogP contribution is 2.20. The second kappa shape index (κ2) is 4.95. The monoisotopic (exact) mass is 250 g/mol. The highest BCUT2D eigenvalue weighted by atomic mass is 19.1. The number of nitrogen functional groups attached to an aromatic ring is 1. The van der Waals surface area contributed by atoms with Crippen LogP contribution in [0.25, 0.3) is 0 Å². The van der Waals surface area contributed by atoms with Gasteiger partial charge in [0.1, 0.15) is 5.82 Å². The maximum absolute atomic E-state index is 13.4. The Morgan fingerprint density at radius 1 is 1.33 bits per heavy atom. The van der Waals surface area contributed by atoms with E-state index in [9.17, 15) is 8.78 Å². The van der Waals surface area contributed by atoms with Gasteiger partial charge in [0.25, 0.3) is 0 Å². The summed E-state index contributed by atoms with van der Waals surface area (Å²) >= 11 is 0. The number of anilines is 2. The highest BCUT2D eigenvalue weighted by Gasteiger charge is 2.11. The summed E-state index contributed by atoms with van der Waals surface area (Å²) < 4.78 is 26.5. The lowest BCUT2D eigenvalue weighted by atomic mass is 10.1. The van der Waals surface area contributed by atoms with E-state index in [4.69, 9.17) is 5.73 Å². The lowest BCUT2D eigenvalue weighted by molar-refractivity contribution is 0.612. The average molecular weight is 250 g/mol. The predicted molar refractivity (Wildman–Crippen MR) is 64.8 cm³/mol. The summed E-state index contributed by atoms with van der Waals surface area (Å²) in [5, 5.41) is 2.82. The molecule has 0 spiro atoms. The Hall–Kier alpha value is -2.24. The van der Waals surface area contributed by atoms with E-state index in [1.807, 2.05) is 0 Å². The van der Waals surface area contributed by atoms with E-state index in [-0.39, 0.29) is 23.6 Å². The van der Waals surface area contributed by atoms with Crippen LogP contribution in [0.5, 0.6) is 0 Å². The Balaban J connectivity index is 2.21. The van der Waals surface area contributed by atoms with E-state index in [1.54, 1.807) is 19.1 Å². The summed E-state index contributed by atoms with van der Waals surface area (Å²) in [4.78, 5) is 7.27. The van der Waals surface area contributed by atoms with Crippen LogP contribution in [-0.4, -0.2) is 9.97 Å². The summed E-state index contributed by atoms with van der Waals surface area (Å²) in [6.07, 6.45) is 0.989. The van der Waals surface area contributed by atoms with Crippen LogP contribution < -0.4 is 11.1 Å². The van der Waals surface area contributed by atoms with Crippen molar-refractivity contribution >= 4 is 11.8 Å². The minimum absolute atomic E-state index is 0.000684. The lowest BCUT2D eigenvalue weighted by Gasteiger charge is -2.15. The summed E-state index contributed by atoms with van der Waals surface area (Å²) in [7, 11) is 0. The van der Waals surface area contributed by atoms with Gasteiger partial charge in [0.15, 0.2) is 11.6 Å². The molecule has 94 valence electrons. The third-order valence-corrected chi connectivity index (χ3v) is 2.46. The van der Waals surface area contributed by atoms with Gasteiger partial charge in [-0.15, -0.1) is 0 Å². The number of hydrogen-bond acceptors (Lipinski definition) is 4. The number of nitrogens with one attached hydrogen (secondary N) is 1. The quantitative estimate of drug-likeness (QED) is 0.878. The average Bonchev–Trinajstić information content (AvgIpc) is 2.34. The van der Waals surface area contributed by atoms with Crippen LogP contribution in [0.2, 0.25) is 0 Å². The van der Waals surface area contributed by atoms with Crippen LogP contribution in [0.3, 0.4) is 0 Å². The van der Waals surface area contributed by atoms with E-state index >= 15 is 0 Å². The summed E-state index contributed by atoms with van der Waals surface area (Å²) in [6, 6.07) is 5.75. The normalized spacial score (nSPS) is 12.2. The van der Waals surface area contributed by atoms with Gasteiger partial charge in [-0.05, 0) is 24.6 Å². The molecule has 1 aromatic carbocycles. The minimum Gasteiger partial charge on any atom is -0.368 e. The Morgan fingerprint density at radius 2 is 2.11 bits per heavy atom.